The Kier molecular flexibility index (Phi) is 4.01. The van der Waals surface area contributed by atoms with Gasteiger partial charge in [-0.05, 0) is 50.2 Å². The fourth-order valence-corrected chi connectivity index (χ4v) is 2.86. The van der Waals surface area contributed by atoms with Crippen molar-refractivity contribution in [3.8, 4) is 5.69 Å². The molecule has 2 aromatic rings. The summed E-state index contributed by atoms with van der Waals surface area (Å²) < 4.78 is 1.77. The van der Waals surface area contributed by atoms with Crippen molar-refractivity contribution in [3.63, 3.8) is 0 Å². The third kappa shape index (κ3) is 2.97. The van der Waals surface area contributed by atoms with Gasteiger partial charge in [0.2, 0.25) is 0 Å². The maximum Gasteiger partial charge on any atom is 0.253 e. The Hall–Kier alpha value is -2.14. The van der Waals surface area contributed by atoms with Crippen molar-refractivity contribution in [3.05, 3.63) is 48.3 Å². The lowest BCUT2D eigenvalue weighted by Crippen LogP contribution is -2.30. The predicted octanol–water partition coefficient (Wildman–Crippen LogP) is 1.55. The molecule has 0 radical (unpaired) electrons. The van der Waals surface area contributed by atoms with Crippen LogP contribution in [0.15, 0.2) is 42.7 Å². The summed E-state index contributed by atoms with van der Waals surface area (Å²) in [5.74, 6) is 0.677. The average molecular weight is 284 g/mol. The van der Waals surface area contributed by atoms with Crippen molar-refractivity contribution in [1.82, 2.24) is 20.0 Å². The van der Waals surface area contributed by atoms with E-state index in [9.17, 15) is 4.79 Å². The molecule has 1 saturated heterocycles. The maximum absolute atomic E-state index is 12.6. The molecule has 2 heterocycles. The van der Waals surface area contributed by atoms with Crippen LogP contribution in [0.2, 0.25) is 0 Å². The molecule has 1 aromatic heterocycles. The molecular formula is C16H20N4O. The summed E-state index contributed by atoms with van der Waals surface area (Å²) >= 11 is 0. The number of carbonyl (C=O) groups excluding carboxylic acids is 1. The van der Waals surface area contributed by atoms with Crippen LogP contribution in [0.3, 0.4) is 0 Å². The van der Waals surface area contributed by atoms with E-state index in [4.69, 9.17) is 0 Å². The average Bonchev–Trinajstić information content (AvgIpc) is 3.18. The number of rotatable bonds is 4. The van der Waals surface area contributed by atoms with Gasteiger partial charge >= 0.3 is 0 Å². The summed E-state index contributed by atoms with van der Waals surface area (Å²) in [6.07, 6.45) is 4.69. The number of nitrogens with zero attached hydrogens (tertiary/aromatic N) is 3. The number of benzene rings is 1. The number of likely N-dealkylation sites (tertiary alicyclic amines) is 1. The smallest absolute Gasteiger partial charge is 0.253 e. The van der Waals surface area contributed by atoms with E-state index in [2.05, 4.69) is 10.4 Å². The number of amides is 1. The Morgan fingerprint density at radius 1 is 1.43 bits per heavy atom. The molecular weight excluding hydrogens is 264 g/mol. The van der Waals surface area contributed by atoms with Gasteiger partial charge in [0.25, 0.3) is 5.91 Å². The fourth-order valence-electron chi connectivity index (χ4n) is 2.86. The van der Waals surface area contributed by atoms with Crippen molar-refractivity contribution in [2.45, 2.75) is 6.42 Å². The number of hydrogen-bond donors (Lipinski definition) is 1. The summed E-state index contributed by atoms with van der Waals surface area (Å²) in [6, 6.07) is 9.52. The van der Waals surface area contributed by atoms with E-state index >= 15 is 0 Å². The van der Waals surface area contributed by atoms with Gasteiger partial charge in [-0.25, -0.2) is 4.68 Å². The molecule has 5 nitrogen and oxygen atoms in total. The Labute approximate surface area is 124 Å². The van der Waals surface area contributed by atoms with E-state index in [1.807, 2.05) is 48.5 Å². The molecule has 1 fully saturated rings. The van der Waals surface area contributed by atoms with Gasteiger partial charge in [-0.1, -0.05) is 6.07 Å². The molecule has 1 aromatic carbocycles. The highest BCUT2D eigenvalue weighted by Gasteiger charge is 2.26. The summed E-state index contributed by atoms with van der Waals surface area (Å²) in [5.41, 5.74) is 1.64. The molecule has 1 aliphatic heterocycles. The molecule has 21 heavy (non-hydrogen) atoms. The molecule has 1 N–H and O–H groups in total. The van der Waals surface area contributed by atoms with Crippen LogP contribution in [0.1, 0.15) is 16.8 Å². The van der Waals surface area contributed by atoms with Crippen LogP contribution in [0.25, 0.3) is 5.69 Å². The van der Waals surface area contributed by atoms with E-state index in [1.54, 1.807) is 10.9 Å². The first kappa shape index (κ1) is 13.8. The van der Waals surface area contributed by atoms with Crippen molar-refractivity contribution in [2.75, 3.05) is 26.7 Å². The predicted molar refractivity (Wildman–Crippen MR) is 81.5 cm³/mol. The number of nitrogens with one attached hydrogen (secondary N) is 1. The largest absolute Gasteiger partial charge is 0.338 e. The van der Waals surface area contributed by atoms with Crippen LogP contribution in [-0.2, 0) is 0 Å². The topological polar surface area (TPSA) is 50.2 Å². The lowest BCUT2D eigenvalue weighted by atomic mass is 10.1. The van der Waals surface area contributed by atoms with E-state index < -0.39 is 0 Å². The Balaban J connectivity index is 1.75. The SMILES string of the molecule is CNC[C@H]1CCN(C(=O)c2cccc(-n3cccn3)c2)C1. The Bertz CT molecular complexity index is 608. The monoisotopic (exact) mass is 284 g/mol. The summed E-state index contributed by atoms with van der Waals surface area (Å²) in [7, 11) is 1.96. The van der Waals surface area contributed by atoms with E-state index in [0.29, 0.717) is 5.92 Å². The summed E-state index contributed by atoms with van der Waals surface area (Å²) in [5, 5.41) is 7.39. The van der Waals surface area contributed by atoms with Gasteiger partial charge in [-0.3, -0.25) is 4.79 Å². The Morgan fingerprint density at radius 2 is 2.33 bits per heavy atom. The third-order valence-electron chi connectivity index (χ3n) is 3.93. The van der Waals surface area contributed by atoms with E-state index in [-0.39, 0.29) is 5.91 Å². The van der Waals surface area contributed by atoms with Gasteiger partial charge in [-0.15, -0.1) is 0 Å². The molecule has 1 amide bonds. The fraction of sp³-hybridized carbons (Fsp3) is 0.375. The summed E-state index contributed by atoms with van der Waals surface area (Å²) in [6.45, 7) is 2.65. The molecule has 3 rings (SSSR count). The standard InChI is InChI=1S/C16H20N4O/c1-17-11-13-6-9-19(12-13)16(21)14-4-2-5-15(10-14)20-8-3-7-18-20/h2-5,7-8,10,13,17H,6,9,11-12H2,1H3/t13-/m1/s1. The number of aromatic nitrogens is 2. The first-order valence-corrected chi connectivity index (χ1v) is 7.32. The normalized spacial score (nSPS) is 18.1. The minimum atomic E-state index is 0.114. The molecule has 1 aliphatic rings. The Morgan fingerprint density at radius 3 is 3.10 bits per heavy atom. The van der Waals surface area contributed by atoms with Crippen LogP contribution >= 0.6 is 0 Å². The summed E-state index contributed by atoms with van der Waals surface area (Å²) in [4.78, 5) is 14.5. The number of hydrogen-bond acceptors (Lipinski definition) is 3. The number of carbonyl (C=O) groups is 1. The quantitative estimate of drug-likeness (QED) is 0.927. The van der Waals surface area contributed by atoms with Gasteiger partial charge in [-0.2, -0.15) is 5.10 Å². The highest BCUT2D eigenvalue weighted by atomic mass is 16.2. The van der Waals surface area contributed by atoms with Crippen molar-refractivity contribution < 1.29 is 4.79 Å². The molecule has 0 bridgehead atoms. The molecule has 0 saturated carbocycles. The lowest BCUT2D eigenvalue weighted by molar-refractivity contribution is 0.0787. The molecule has 0 unspecified atom stereocenters. The van der Waals surface area contributed by atoms with Gasteiger partial charge in [0, 0.05) is 31.0 Å². The zero-order valence-corrected chi connectivity index (χ0v) is 12.2. The van der Waals surface area contributed by atoms with Gasteiger partial charge < -0.3 is 10.2 Å². The second-order valence-electron chi connectivity index (χ2n) is 5.46. The zero-order chi connectivity index (χ0) is 14.7. The van der Waals surface area contributed by atoms with Crippen molar-refractivity contribution in [2.24, 2.45) is 5.92 Å². The van der Waals surface area contributed by atoms with E-state index in [1.165, 1.54) is 0 Å². The van der Waals surface area contributed by atoms with Crippen LogP contribution in [0.4, 0.5) is 0 Å². The molecule has 0 aliphatic carbocycles. The second-order valence-corrected chi connectivity index (χ2v) is 5.46. The lowest BCUT2D eigenvalue weighted by Gasteiger charge is -2.17. The first-order valence-electron chi connectivity index (χ1n) is 7.32. The molecule has 1 atom stereocenters. The molecule has 110 valence electrons. The molecule has 5 heteroatoms. The zero-order valence-electron chi connectivity index (χ0n) is 12.2. The van der Waals surface area contributed by atoms with Crippen molar-refractivity contribution >= 4 is 5.91 Å². The first-order chi connectivity index (χ1) is 10.3. The van der Waals surface area contributed by atoms with Crippen molar-refractivity contribution in [1.29, 1.82) is 0 Å². The van der Waals surface area contributed by atoms with Crippen LogP contribution in [-0.4, -0.2) is 47.3 Å². The minimum Gasteiger partial charge on any atom is -0.338 e. The highest BCUT2D eigenvalue weighted by molar-refractivity contribution is 5.94. The van der Waals surface area contributed by atoms with Crippen LogP contribution in [0, 0.1) is 5.92 Å². The maximum atomic E-state index is 12.6. The van der Waals surface area contributed by atoms with E-state index in [0.717, 1.165) is 37.3 Å². The third-order valence-corrected chi connectivity index (χ3v) is 3.93. The van der Waals surface area contributed by atoms with Gasteiger partial charge in [0.1, 0.15) is 0 Å². The van der Waals surface area contributed by atoms with Gasteiger partial charge in [0.05, 0.1) is 5.69 Å². The second kappa shape index (κ2) is 6.10. The van der Waals surface area contributed by atoms with Crippen LogP contribution in [0.5, 0.6) is 0 Å². The molecule has 0 spiro atoms. The van der Waals surface area contributed by atoms with Crippen LogP contribution < -0.4 is 5.32 Å². The minimum absolute atomic E-state index is 0.114. The van der Waals surface area contributed by atoms with Gasteiger partial charge in [0.15, 0.2) is 0 Å². The highest BCUT2D eigenvalue weighted by Crippen LogP contribution is 2.19.